The molecule has 0 heterocycles. The maximum atomic E-state index is 12.1. The molecule has 0 aromatic carbocycles. The molecule has 1 aliphatic carbocycles. The molecule has 0 saturated carbocycles. The van der Waals surface area contributed by atoms with Crippen LogP contribution in [0.2, 0.25) is 18.1 Å². The molecule has 0 saturated heterocycles. The molecule has 0 aliphatic heterocycles. The summed E-state index contributed by atoms with van der Waals surface area (Å²) in [6.07, 6.45) is 0.775. The summed E-state index contributed by atoms with van der Waals surface area (Å²) in [5.41, 5.74) is 13.0. The second kappa shape index (κ2) is 6.56. The Kier molecular flexibility index (Phi) is 6.51. The Morgan fingerprint density at radius 1 is 1.26 bits per heavy atom. The van der Waals surface area contributed by atoms with Crippen LogP contribution in [-0.4, -0.2) is 14.7 Å². The monoisotopic (exact) mass is 312 g/mol. The van der Waals surface area contributed by atoms with Gasteiger partial charge in [0.25, 0.3) is 0 Å². The van der Waals surface area contributed by atoms with E-state index in [0.29, 0.717) is 5.92 Å². The van der Waals surface area contributed by atoms with Crippen molar-refractivity contribution in [1.29, 1.82) is 0 Å². The van der Waals surface area contributed by atoms with Crippen LogP contribution < -0.4 is 0 Å². The van der Waals surface area contributed by atoms with Crippen LogP contribution in [0.4, 0.5) is 0 Å². The van der Waals surface area contributed by atoms with E-state index >= 15 is 0 Å². The second-order valence-electron chi connectivity index (χ2n) is 5.88. The molecule has 1 amide bonds. The van der Waals surface area contributed by atoms with Crippen LogP contribution in [0.1, 0.15) is 41.0 Å². The maximum absolute atomic E-state index is 12.1. The SMILES string of the molecule is CCC(C([NH-])=O)(C1=C(C)C(C)=C(C)C1C)[SiH](C)C.[Ti]. The van der Waals surface area contributed by atoms with Gasteiger partial charge in [0.05, 0.1) is 5.91 Å². The van der Waals surface area contributed by atoms with Crippen LogP contribution in [0.15, 0.2) is 22.3 Å². The quantitative estimate of drug-likeness (QED) is 0.704. The molecule has 19 heavy (non-hydrogen) atoms. The number of hydrogen-bond acceptors (Lipinski definition) is 1. The predicted octanol–water partition coefficient (Wildman–Crippen LogP) is 4.50. The fraction of sp³-hybridized carbons (Fsp3) is 0.667. The van der Waals surface area contributed by atoms with Gasteiger partial charge in [-0.15, -0.1) is 0 Å². The van der Waals surface area contributed by atoms with Gasteiger partial charge < -0.3 is 10.5 Å². The van der Waals surface area contributed by atoms with Crippen molar-refractivity contribution in [3.63, 3.8) is 0 Å². The number of hydrogen-bond donors (Lipinski definition) is 0. The number of amides is 1. The number of rotatable bonds is 4. The average Bonchev–Trinajstić information content (AvgIpc) is 2.47. The maximum Gasteiger partial charge on any atom is 0.0560 e. The van der Waals surface area contributed by atoms with E-state index in [1.54, 1.807) is 0 Å². The normalized spacial score (nSPS) is 22.6. The Labute approximate surface area is 134 Å². The van der Waals surface area contributed by atoms with Gasteiger partial charge in [-0.2, -0.15) is 0 Å². The van der Waals surface area contributed by atoms with E-state index in [2.05, 4.69) is 47.7 Å². The van der Waals surface area contributed by atoms with Gasteiger partial charge in [-0.1, -0.05) is 38.1 Å². The van der Waals surface area contributed by atoms with Crippen LogP contribution in [0, 0.1) is 5.92 Å². The molecule has 0 bridgehead atoms. The summed E-state index contributed by atoms with van der Waals surface area (Å²) >= 11 is 0. The van der Waals surface area contributed by atoms with E-state index in [1.165, 1.54) is 22.3 Å². The van der Waals surface area contributed by atoms with Gasteiger partial charge in [-0.05, 0) is 44.3 Å². The first-order valence-corrected chi connectivity index (χ1v) is 9.75. The van der Waals surface area contributed by atoms with E-state index in [-0.39, 0.29) is 27.6 Å². The molecule has 0 radical (unpaired) electrons. The van der Waals surface area contributed by atoms with Gasteiger partial charge in [0, 0.05) is 35.6 Å². The smallest absolute Gasteiger partial charge is 0.0560 e. The van der Waals surface area contributed by atoms with Gasteiger partial charge in [-0.3, -0.25) is 0 Å². The third kappa shape index (κ3) is 2.70. The average molecular weight is 312 g/mol. The molecule has 2 unspecified atom stereocenters. The zero-order valence-electron chi connectivity index (χ0n) is 13.3. The van der Waals surface area contributed by atoms with Crippen molar-refractivity contribution in [1.82, 2.24) is 0 Å². The van der Waals surface area contributed by atoms with Gasteiger partial charge in [-0.25, -0.2) is 0 Å². The molecule has 4 heteroatoms. The van der Waals surface area contributed by atoms with E-state index in [1.807, 2.05) is 0 Å². The van der Waals surface area contributed by atoms with Crippen molar-refractivity contribution in [2.45, 2.75) is 59.2 Å². The summed E-state index contributed by atoms with van der Waals surface area (Å²) in [4.78, 5) is 12.1. The Bertz CT molecular complexity index is 439. The number of nitrogens with one attached hydrogen (secondary N) is 1. The van der Waals surface area contributed by atoms with Crippen LogP contribution in [0.3, 0.4) is 0 Å². The third-order valence-electron chi connectivity index (χ3n) is 5.07. The van der Waals surface area contributed by atoms with Crippen molar-refractivity contribution in [2.24, 2.45) is 5.92 Å². The standard InChI is InChI=1S/C15H27NOSi.Ti/c1-8-15(14(16)17,18(6)7)13-11(4)9(2)10(3)12(13)5;/h11,18H,8H2,1-7H3,(H2,16,17);/p-1. The molecule has 106 valence electrons. The Hall–Kier alpha value is -0.119. The van der Waals surface area contributed by atoms with Gasteiger partial charge in [0.2, 0.25) is 0 Å². The fourth-order valence-electron chi connectivity index (χ4n) is 3.54. The molecule has 0 spiro atoms. The van der Waals surface area contributed by atoms with Crippen LogP contribution >= 0.6 is 0 Å². The number of allylic oxidation sites excluding steroid dienone is 3. The predicted molar refractivity (Wildman–Crippen MR) is 81.4 cm³/mol. The fourth-order valence-corrected chi connectivity index (χ4v) is 5.97. The summed E-state index contributed by atoms with van der Waals surface area (Å²) in [5.74, 6) is -0.0375. The molecular formula is C15H26NOSiTi-. The summed E-state index contributed by atoms with van der Waals surface area (Å²) in [6.45, 7) is 15.1. The summed E-state index contributed by atoms with van der Waals surface area (Å²) in [5, 5.41) is -0.470. The van der Waals surface area contributed by atoms with E-state index in [9.17, 15) is 4.79 Å². The van der Waals surface area contributed by atoms with Crippen LogP contribution in [0.5, 0.6) is 0 Å². The van der Waals surface area contributed by atoms with Crippen molar-refractivity contribution >= 4 is 14.7 Å². The first kappa shape index (κ1) is 18.9. The van der Waals surface area contributed by atoms with E-state index < -0.39 is 13.8 Å². The van der Waals surface area contributed by atoms with Gasteiger partial charge >= 0.3 is 0 Å². The van der Waals surface area contributed by atoms with Crippen molar-refractivity contribution in [2.75, 3.05) is 0 Å². The first-order valence-electron chi connectivity index (χ1n) is 6.86. The Morgan fingerprint density at radius 3 is 1.95 bits per heavy atom. The summed E-state index contributed by atoms with van der Waals surface area (Å²) < 4.78 is 0. The third-order valence-corrected chi connectivity index (χ3v) is 8.02. The molecule has 0 aromatic rings. The first-order chi connectivity index (χ1) is 8.21. The topological polar surface area (TPSA) is 40.9 Å². The zero-order valence-corrected chi connectivity index (χ0v) is 16.0. The van der Waals surface area contributed by atoms with Crippen LogP contribution in [-0.2, 0) is 26.5 Å². The molecule has 0 aromatic heterocycles. The van der Waals surface area contributed by atoms with Gasteiger partial charge in [0.1, 0.15) is 0 Å². The summed E-state index contributed by atoms with van der Waals surface area (Å²) in [7, 11) is -1.29. The molecule has 2 atom stereocenters. The molecule has 1 aliphatic rings. The minimum absolute atomic E-state index is 0. The van der Waals surface area contributed by atoms with Crippen molar-refractivity contribution in [3.05, 3.63) is 28.0 Å². The molecule has 1 N–H and O–H groups in total. The van der Waals surface area contributed by atoms with Gasteiger partial charge in [0.15, 0.2) is 0 Å². The Morgan fingerprint density at radius 2 is 1.74 bits per heavy atom. The molecule has 0 fully saturated rings. The minimum atomic E-state index is -1.29. The number of carbonyl (C=O) groups is 1. The summed E-state index contributed by atoms with van der Waals surface area (Å²) in [6, 6.07) is 0. The van der Waals surface area contributed by atoms with Crippen LogP contribution in [0.25, 0.3) is 5.73 Å². The van der Waals surface area contributed by atoms with E-state index in [4.69, 9.17) is 5.73 Å². The number of carbonyl (C=O) groups excluding carboxylic acids is 1. The molecule has 2 nitrogen and oxygen atoms in total. The molecule has 1 rings (SSSR count). The Balaban J connectivity index is 0.00000324. The van der Waals surface area contributed by atoms with Crippen molar-refractivity contribution in [3.8, 4) is 0 Å². The minimum Gasteiger partial charge on any atom is -0.667 e. The van der Waals surface area contributed by atoms with E-state index in [0.717, 1.165) is 6.42 Å². The largest absolute Gasteiger partial charge is 0.667 e. The molecular weight excluding hydrogens is 286 g/mol. The second-order valence-corrected chi connectivity index (χ2v) is 9.17. The van der Waals surface area contributed by atoms with Crippen molar-refractivity contribution < 1.29 is 26.5 Å². The zero-order chi connectivity index (χ0) is 14.2.